The lowest BCUT2D eigenvalue weighted by atomic mass is 10.2. The summed E-state index contributed by atoms with van der Waals surface area (Å²) in [6.45, 7) is 1.48. The maximum atomic E-state index is 11.9. The lowest BCUT2D eigenvalue weighted by Crippen LogP contribution is -2.41. The molecule has 1 aliphatic rings. The van der Waals surface area contributed by atoms with Crippen LogP contribution in [0.1, 0.15) is 12.8 Å². The Hall–Kier alpha value is -1.31. The summed E-state index contributed by atoms with van der Waals surface area (Å²) in [7, 11) is -1.12. The molecule has 134 valence electrons. The number of amides is 1. The molecule has 0 aromatic heterocycles. The second-order valence-corrected chi connectivity index (χ2v) is 8.73. The second-order valence-electron chi connectivity index (χ2n) is 6.06. The minimum Gasteiger partial charge on any atom is -0.493 e. The third kappa shape index (κ3) is 6.67. The summed E-state index contributed by atoms with van der Waals surface area (Å²) in [4.78, 5) is 13.8. The van der Waals surface area contributed by atoms with Crippen molar-refractivity contribution in [3.05, 3.63) is 29.3 Å². The zero-order chi connectivity index (χ0) is 17.6. The van der Waals surface area contributed by atoms with Gasteiger partial charge in [0.1, 0.15) is 5.75 Å². The summed E-state index contributed by atoms with van der Waals surface area (Å²) in [6, 6.07) is 6.97. The van der Waals surface area contributed by atoms with E-state index in [-0.39, 0.29) is 30.0 Å². The fourth-order valence-corrected chi connectivity index (χ4v) is 4.44. The van der Waals surface area contributed by atoms with Gasteiger partial charge in [0.25, 0.3) is 0 Å². The molecule has 1 unspecified atom stereocenters. The molecule has 1 aromatic carbocycles. The standard InChI is InChI=1S/C16H23ClN2O4S/c1-19(7-3-8-23-15-5-2-4-13(17)10-15)11-16(20)18-14-6-9-24(21,22)12-14/h2,4-5,10,14H,3,6-9,11-12H2,1H3,(H,18,20). The Bertz CT molecular complexity index is 666. The maximum absolute atomic E-state index is 11.9. The lowest BCUT2D eigenvalue weighted by Gasteiger charge is -2.18. The quantitative estimate of drug-likeness (QED) is 0.695. The topological polar surface area (TPSA) is 75.7 Å². The van der Waals surface area contributed by atoms with E-state index < -0.39 is 9.84 Å². The molecule has 1 heterocycles. The van der Waals surface area contributed by atoms with Gasteiger partial charge in [-0.25, -0.2) is 8.42 Å². The number of hydrogen-bond acceptors (Lipinski definition) is 5. The Kier molecular flexibility index (Phi) is 6.89. The van der Waals surface area contributed by atoms with E-state index in [0.29, 0.717) is 24.6 Å². The summed E-state index contributed by atoms with van der Waals surface area (Å²) in [5.74, 6) is 0.797. The summed E-state index contributed by atoms with van der Waals surface area (Å²) in [5.41, 5.74) is 0. The molecular formula is C16H23ClN2O4S. The van der Waals surface area contributed by atoms with E-state index in [1.807, 2.05) is 24.1 Å². The van der Waals surface area contributed by atoms with Crippen molar-refractivity contribution in [1.29, 1.82) is 0 Å². The predicted molar refractivity (Wildman–Crippen MR) is 94.3 cm³/mol. The molecular weight excluding hydrogens is 352 g/mol. The molecule has 1 saturated heterocycles. The third-order valence-corrected chi connectivity index (χ3v) is 5.76. The minimum atomic E-state index is -2.97. The first-order valence-electron chi connectivity index (χ1n) is 7.91. The van der Waals surface area contributed by atoms with Crippen molar-refractivity contribution in [2.45, 2.75) is 18.9 Å². The molecule has 1 fully saturated rings. The average Bonchev–Trinajstić information content (AvgIpc) is 2.82. The van der Waals surface area contributed by atoms with Gasteiger partial charge in [0, 0.05) is 17.6 Å². The van der Waals surface area contributed by atoms with Crippen molar-refractivity contribution in [2.75, 3.05) is 38.2 Å². The second kappa shape index (κ2) is 8.69. The number of halogens is 1. The number of benzene rings is 1. The summed E-state index contributed by atoms with van der Waals surface area (Å²) >= 11 is 5.88. The van der Waals surface area contributed by atoms with Crippen LogP contribution in [0, 0.1) is 0 Å². The first kappa shape index (κ1) is 19.0. The molecule has 1 atom stereocenters. The van der Waals surface area contributed by atoms with Crippen LogP contribution < -0.4 is 10.1 Å². The largest absolute Gasteiger partial charge is 0.493 e. The van der Waals surface area contributed by atoms with E-state index in [4.69, 9.17) is 16.3 Å². The van der Waals surface area contributed by atoms with E-state index in [9.17, 15) is 13.2 Å². The summed E-state index contributed by atoms with van der Waals surface area (Å²) in [5, 5.41) is 3.42. The molecule has 24 heavy (non-hydrogen) atoms. The fourth-order valence-electron chi connectivity index (χ4n) is 2.59. The van der Waals surface area contributed by atoms with Gasteiger partial charge in [-0.1, -0.05) is 17.7 Å². The van der Waals surface area contributed by atoms with Gasteiger partial charge < -0.3 is 10.1 Å². The zero-order valence-electron chi connectivity index (χ0n) is 13.7. The van der Waals surface area contributed by atoms with Gasteiger partial charge in [-0.05, 0) is 38.1 Å². The van der Waals surface area contributed by atoms with E-state index in [1.54, 1.807) is 12.1 Å². The van der Waals surface area contributed by atoms with Crippen molar-refractivity contribution in [2.24, 2.45) is 0 Å². The van der Waals surface area contributed by atoms with Crippen LogP contribution in [0.2, 0.25) is 5.02 Å². The molecule has 1 amide bonds. The van der Waals surface area contributed by atoms with Crippen molar-refractivity contribution >= 4 is 27.3 Å². The number of hydrogen-bond donors (Lipinski definition) is 1. The lowest BCUT2D eigenvalue weighted by molar-refractivity contribution is -0.122. The number of rotatable bonds is 8. The Morgan fingerprint density at radius 3 is 2.92 bits per heavy atom. The van der Waals surface area contributed by atoms with Crippen LogP contribution in [-0.4, -0.2) is 63.5 Å². The highest BCUT2D eigenvalue weighted by Crippen LogP contribution is 2.17. The predicted octanol–water partition coefficient (Wildman–Crippen LogP) is 1.34. The Balaban J connectivity index is 1.60. The third-order valence-electron chi connectivity index (χ3n) is 3.76. The average molecular weight is 375 g/mol. The van der Waals surface area contributed by atoms with Gasteiger partial charge in [-0.3, -0.25) is 9.69 Å². The Morgan fingerprint density at radius 2 is 2.25 bits per heavy atom. The number of ether oxygens (including phenoxy) is 1. The maximum Gasteiger partial charge on any atom is 0.234 e. The van der Waals surface area contributed by atoms with Crippen LogP contribution in [0.15, 0.2) is 24.3 Å². The van der Waals surface area contributed by atoms with Gasteiger partial charge in [0.2, 0.25) is 5.91 Å². The summed E-state index contributed by atoms with van der Waals surface area (Å²) < 4.78 is 28.3. The van der Waals surface area contributed by atoms with Gasteiger partial charge in [0.15, 0.2) is 9.84 Å². The fraction of sp³-hybridized carbons (Fsp3) is 0.562. The van der Waals surface area contributed by atoms with E-state index in [0.717, 1.165) is 12.2 Å². The number of carbonyl (C=O) groups is 1. The van der Waals surface area contributed by atoms with Crippen LogP contribution in [0.3, 0.4) is 0 Å². The van der Waals surface area contributed by atoms with E-state index >= 15 is 0 Å². The molecule has 6 nitrogen and oxygen atoms in total. The number of nitrogens with zero attached hydrogens (tertiary/aromatic N) is 1. The normalized spacial score (nSPS) is 19.4. The van der Waals surface area contributed by atoms with Gasteiger partial charge in [-0.15, -0.1) is 0 Å². The smallest absolute Gasteiger partial charge is 0.234 e. The molecule has 0 aliphatic carbocycles. The highest BCUT2D eigenvalue weighted by Gasteiger charge is 2.28. The van der Waals surface area contributed by atoms with Crippen molar-refractivity contribution in [3.8, 4) is 5.75 Å². The van der Waals surface area contributed by atoms with Crippen LogP contribution in [0.5, 0.6) is 5.75 Å². The van der Waals surface area contributed by atoms with Gasteiger partial charge in [-0.2, -0.15) is 0 Å². The van der Waals surface area contributed by atoms with Crippen LogP contribution in [0.4, 0.5) is 0 Å². The molecule has 2 rings (SSSR count). The molecule has 0 saturated carbocycles. The first-order chi connectivity index (χ1) is 11.3. The highest BCUT2D eigenvalue weighted by atomic mass is 35.5. The number of likely N-dealkylation sites (N-methyl/N-ethyl adjacent to an activating group) is 1. The van der Waals surface area contributed by atoms with E-state index in [1.165, 1.54) is 0 Å². The van der Waals surface area contributed by atoms with Gasteiger partial charge in [0.05, 0.1) is 24.7 Å². The van der Waals surface area contributed by atoms with Crippen LogP contribution in [0.25, 0.3) is 0 Å². The molecule has 0 bridgehead atoms. The molecule has 0 spiro atoms. The monoisotopic (exact) mass is 374 g/mol. The number of sulfone groups is 1. The van der Waals surface area contributed by atoms with Crippen molar-refractivity contribution in [1.82, 2.24) is 10.2 Å². The molecule has 1 N–H and O–H groups in total. The zero-order valence-corrected chi connectivity index (χ0v) is 15.3. The highest BCUT2D eigenvalue weighted by molar-refractivity contribution is 7.91. The SMILES string of the molecule is CN(CCCOc1cccc(Cl)c1)CC(=O)NC1CCS(=O)(=O)C1. The van der Waals surface area contributed by atoms with Gasteiger partial charge >= 0.3 is 0 Å². The molecule has 8 heteroatoms. The Morgan fingerprint density at radius 1 is 1.46 bits per heavy atom. The molecule has 0 radical (unpaired) electrons. The van der Waals surface area contributed by atoms with Crippen molar-refractivity contribution < 1.29 is 17.9 Å². The van der Waals surface area contributed by atoms with Crippen molar-refractivity contribution in [3.63, 3.8) is 0 Å². The van der Waals surface area contributed by atoms with E-state index in [2.05, 4.69) is 5.32 Å². The molecule has 1 aliphatic heterocycles. The number of carbonyl (C=O) groups excluding carboxylic acids is 1. The minimum absolute atomic E-state index is 0.0515. The van der Waals surface area contributed by atoms with Crippen LogP contribution >= 0.6 is 11.6 Å². The van der Waals surface area contributed by atoms with Crippen LogP contribution in [-0.2, 0) is 14.6 Å². The Labute approximate surface area is 148 Å². The first-order valence-corrected chi connectivity index (χ1v) is 10.1. The summed E-state index contributed by atoms with van der Waals surface area (Å²) in [6.07, 6.45) is 1.28. The number of nitrogens with one attached hydrogen (secondary N) is 1. The molecule has 1 aromatic rings.